The summed E-state index contributed by atoms with van der Waals surface area (Å²) in [6.07, 6.45) is 8.03. The van der Waals surface area contributed by atoms with E-state index in [1.807, 2.05) is 0 Å². The van der Waals surface area contributed by atoms with Gasteiger partial charge < -0.3 is 15.3 Å². The molecule has 0 aromatic rings. The van der Waals surface area contributed by atoms with Gasteiger partial charge in [0.2, 0.25) is 0 Å². The maximum absolute atomic E-state index is 12.1. The van der Waals surface area contributed by atoms with E-state index in [2.05, 4.69) is 10.2 Å². The molecule has 0 unspecified atom stereocenters. The molecule has 2 N–H and O–H groups in total. The first-order chi connectivity index (χ1) is 8.67. The van der Waals surface area contributed by atoms with Gasteiger partial charge in [-0.2, -0.15) is 0 Å². The Morgan fingerprint density at radius 2 is 1.72 bits per heavy atom. The van der Waals surface area contributed by atoms with Crippen molar-refractivity contribution in [2.75, 3.05) is 13.1 Å². The molecule has 1 saturated heterocycles. The summed E-state index contributed by atoms with van der Waals surface area (Å²) in [4.78, 5) is 14.6. The molecule has 0 bridgehead atoms. The maximum atomic E-state index is 12.1. The number of hydrogen-bond donors (Lipinski definition) is 2. The Bertz CT molecular complexity index is 314. The second-order valence-electron chi connectivity index (χ2n) is 6.25. The maximum Gasteiger partial charge on any atom is 0.252 e. The quantitative estimate of drug-likeness (QED) is 0.789. The van der Waals surface area contributed by atoms with Crippen molar-refractivity contribution in [3.8, 4) is 0 Å². The SMILES string of the molecule is O=C(NC1CCN(C2CC2)CC1)C1(O)CCCC1. The lowest BCUT2D eigenvalue weighted by molar-refractivity contribution is -0.140. The number of nitrogens with one attached hydrogen (secondary N) is 1. The summed E-state index contributed by atoms with van der Waals surface area (Å²) in [5, 5.41) is 13.3. The monoisotopic (exact) mass is 252 g/mol. The molecule has 1 amide bonds. The fraction of sp³-hybridized carbons (Fsp3) is 0.929. The van der Waals surface area contributed by atoms with Crippen LogP contribution in [0, 0.1) is 0 Å². The van der Waals surface area contributed by atoms with E-state index in [-0.39, 0.29) is 11.9 Å². The van der Waals surface area contributed by atoms with Crippen molar-refractivity contribution in [2.45, 2.75) is 69.1 Å². The number of amides is 1. The zero-order chi connectivity index (χ0) is 12.6. The standard InChI is InChI=1S/C14H24N2O2/c17-13(14(18)7-1-2-8-14)15-11-5-9-16(10-6-11)12-3-4-12/h11-12,18H,1-10H2,(H,15,17). The van der Waals surface area contributed by atoms with Gasteiger partial charge in [0.05, 0.1) is 0 Å². The number of aliphatic hydroxyl groups is 1. The lowest BCUT2D eigenvalue weighted by Crippen LogP contribution is -2.52. The number of nitrogens with zero attached hydrogens (tertiary/aromatic N) is 1. The molecule has 102 valence electrons. The molecular weight excluding hydrogens is 228 g/mol. The first-order valence-corrected chi connectivity index (χ1v) is 7.45. The average Bonchev–Trinajstić information content (AvgIpc) is 3.13. The summed E-state index contributed by atoms with van der Waals surface area (Å²) in [6, 6.07) is 1.11. The lowest BCUT2D eigenvalue weighted by Gasteiger charge is -2.34. The Hall–Kier alpha value is -0.610. The van der Waals surface area contributed by atoms with Crippen LogP contribution in [0.3, 0.4) is 0 Å². The van der Waals surface area contributed by atoms with Crippen molar-refractivity contribution >= 4 is 5.91 Å². The normalized spacial score (nSPS) is 29.4. The zero-order valence-corrected chi connectivity index (χ0v) is 11.0. The van der Waals surface area contributed by atoms with Crippen molar-refractivity contribution < 1.29 is 9.90 Å². The number of carbonyl (C=O) groups excluding carboxylic acids is 1. The first-order valence-electron chi connectivity index (χ1n) is 7.45. The first kappa shape index (κ1) is 12.4. The molecule has 3 rings (SSSR count). The third-order valence-corrected chi connectivity index (χ3v) is 4.78. The van der Waals surface area contributed by atoms with E-state index in [1.165, 1.54) is 12.8 Å². The smallest absolute Gasteiger partial charge is 0.252 e. The van der Waals surface area contributed by atoms with Crippen LogP contribution in [-0.4, -0.2) is 46.7 Å². The van der Waals surface area contributed by atoms with Gasteiger partial charge in [-0.1, -0.05) is 0 Å². The van der Waals surface area contributed by atoms with Crippen molar-refractivity contribution in [3.05, 3.63) is 0 Å². The van der Waals surface area contributed by atoms with Crippen LogP contribution < -0.4 is 5.32 Å². The Kier molecular flexibility index (Phi) is 3.32. The van der Waals surface area contributed by atoms with E-state index in [4.69, 9.17) is 0 Å². The van der Waals surface area contributed by atoms with Gasteiger partial charge in [0.25, 0.3) is 5.91 Å². The van der Waals surface area contributed by atoms with E-state index in [0.29, 0.717) is 12.8 Å². The van der Waals surface area contributed by atoms with Crippen LogP contribution in [0.15, 0.2) is 0 Å². The number of hydrogen-bond acceptors (Lipinski definition) is 3. The average molecular weight is 252 g/mol. The molecule has 0 radical (unpaired) electrons. The molecule has 3 aliphatic rings. The molecule has 4 heteroatoms. The topological polar surface area (TPSA) is 52.6 Å². The molecule has 4 nitrogen and oxygen atoms in total. The van der Waals surface area contributed by atoms with Crippen molar-refractivity contribution in [2.24, 2.45) is 0 Å². The second-order valence-corrected chi connectivity index (χ2v) is 6.25. The summed E-state index contributed by atoms with van der Waals surface area (Å²) in [6.45, 7) is 2.21. The van der Waals surface area contributed by atoms with Crippen LogP contribution >= 0.6 is 0 Å². The zero-order valence-electron chi connectivity index (χ0n) is 11.0. The van der Waals surface area contributed by atoms with E-state index >= 15 is 0 Å². The Balaban J connectivity index is 1.47. The van der Waals surface area contributed by atoms with Gasteiger partial charge in [-0.25, -0.2) is 0 Å². The molecule has 0 aromatic carbocycles. The van der Waals surface area contributed by atoms with Crippen LogP contribution in [-0.2, 0) is 4.79 Å². The van der Waals surface area contributed by atoms with Gasteiger partial charge in [-0.05, 0) is 51.4 Å². The van der Waals surface area contributed by atoms with Crippen LogP contribution in [0.2, 0.25) is 0 Å². The molecule has 1 heterocycles. The molecule has 2 aliphatic carbocycles. The summed E-state index contributed by atoms with van der Waals surface area (Å²) in [5.41, 5.74) is -1.06. The third-order valence-electron chi connectivity index (χ3n) is 4.78. The molecular formula is C14H24N2O2. The third kappa shape index (κ3) is 2.54. The summed E-state index contributed by atoms with van der Waals surface area (Å²) < 4.78 is 0. The minimum Gasteiger partial charge on any atom is -0.380 e. The van der Waals surface area contributed by atoms with Gasteiger partial charge >= 0.3 is 0 Å². The number of rotatable bonds is 3. The highest BCUT2D eigenvalue weighted by atomic mass is 16.3. The Morgan fingerprint density at radius 3 is 2.28 bits per heavy atom. The fourth-order valence-corrected chi connectivity index (χ4v) is 3.36. The van der Waals surface area contributed by atoms with E-state index in [1.54, 1.807) is 0 Å². The summed E-state index contributed by atoms with van der Waals surface area (Å²) in [5.74, 6) is -0.120. The second kappa shape index (κ2) is 4.82. The number of piperidine rings is 1. The van der Waals surface area contributed by atoms with Crippen LogP contribution in [0.1, 0.15) is 51.4 Å². The molecule has 2 saturated carbocycles. The minimum absolute atomic E-state index is 0.120. The predicted molar refractivity (Wildman–Crippen MR) is 69.2 cm³/mol. The van der Waals surface area contributed by atoms with Crippen molar-refractivity contribution in [1.82, 2.24) is 10.2 Å². The Labute approximate surface area is 109 Å². The molecule has 0 atom stereocenters. The van der Waals surface area contributed by atoms with Gasteiger partial charge in [0.15, 0.2) is 0 Å². The van der Waals surface area contributed by atoms with Crippen LogP contribution in [0.5, 0.6) is 0 Å². The lowest BCUT2D eigenvalue weighted by atomic mass is 9.98. The van der Waals surface area contributed by atoms with Crippen LogP contribution in [0.4, 0.5) is 0 Å². The van der Waals surface area contributed by atoms with Gasteiger partial charge in [0.1, 0.15) is 5.60 Å². The minimum atomic E-state index is -1.06. The van der Waals surface area contributed by atoms with E-state index in [0.717, 1.165) is 44.8 Å². The number of likely N-dealkylation sites (tertiary alicyclic amines) is 1. The molecule has 3 fully saturated rings. The highest BCUT2D eigenvalue weighted by Gasteiger charge is 2.40. The summed E-state index contributed by atoms with van der Waals surface area (Å²) in [7, 11) is 0. The number of carbonyl (C=O) groups is 1. The van der Waals surface area contributed by atoms with E-state index in [9.17, 15) is 9.90 Å². The molecule has 1 aliphatic heterocycles. The highest BCUT2D eigenvalue weighted by molar-refractivity contribution is 5.85. The van der Waals surface area contributed by atoms with Gasteiger partial charge in [-0.3, -0.25) is 4.79 Å². The highest BCUT2D eigenvalue weighted by Crippen LogP contribution is 2.31. The van der Waals surface area contributed by atoms with Crippen molar-refractivity contribution in [3.63, 3.8) is 0 Å². The van der Waals surface area contributed by atoms with E-state index < -0.39 is 5.60 Å². The van der Waals surface area contributed by atoms with Gasteiger partial charge in [0, 0.05) is 25.2 Å². The fourth-order valence-electron chi connectivity index (χ4n) is 3.36. The van der Waals surface area contributed by atoms with Crippen molar-refractivity contribution in [1.29, 1.82) is 0 Å². The predicted octanol–water partition coefficient (Wildman–Crippen LogP) is 1.03. The van der Waals surface area contributed by atoms with Gasteiger partial charge in [-0.15, -0.1) is 0 Å². The molecule has 0 spiro atoms. The molecule has 18 heavy (non-hydrogen) atoms. The van der Waals surface area contributed by atoms with Crippen LogP contribution in [0.25, 0.3) is 0 Å². The largest absolute Gasteiger partial charge is 0.380 e. The Morgan fingerprint density at radius 1 is 1.11 bits per heavy atom. The molecule has 0 aromatic heterocycles. The summed E-state index contributed by atoms with van der Waals surface area (Å²) >= 11 is 0.